The summed E-state index contributed by atoms with van der Waals surface area (Å²) < 4.78 is 0. The molecule has 1 heterocycles. The van der Waals surface area contributed by atoms with Gasteiger partial charge in [-0.1, -0.05) is 103 Å². The fourth-order valence-electron chi connectivity index (χ4n) is 3.79. The largest absolute Gasteiger partial charge is 0.398 e. The zero-order valence-corrected chi connectivity index (χ0v) is 20.8. The molecule has 5 aromatic rings. The average molecular weight is 503 g/mol. The fourth-order valence-corrected chi connectivity index (χ4v) is 4.88. The smallest absolute Gasteiger partial charge is 0.261 e. The quantitative estimate of drug-likeness (QED) is 0.117. The van der Waals surface area contributed by atoms with Crippen LogP contribution in [0.3, 0.4) is 0 Å². The number of thioether (sulfide) groups is 1. The predicted molar refractivity (Wildman–Crippen MR) is 152 cm³/mol. The number of hydrogen-bond donors (Lipinski definition) is 3. The highest BCUT2D eigenvalue weighted by atomic mass is 32.2. The maximum atomic E-state index is 6.20. The third-order valence-electron chi connectivity index (χ3n) is 5.62. The second-order valence-corrected chi connectivity index (χ2v) is 9.36. The van der Waals surface area contributed by atoms with E-state index in [1.807, 2.05) is 109 Å². The maximum Gasteiger partial charge on any atom is 0.261 e. The number of nitrogens with one attached hydrogen (secondary N) is 2. The van der Waals surface area contributed by atoms with E-state index in [0.29, 0.717) is 5.95 Å². The number of anilines is 2. The van der Waals surface area contributed by atoms with Gasteiger partial charge in [0.25, 0.3) is 5.95 Å². The Labute approximate surface area is 220 Å². The first-order valence-corrected chi connectivity index (χ1v) is 12.8. The van der Waals surface area contributed by atoms with Gasteiger partial charge in [0, 0.05) is 27.9 Å². The summed E-state index contributed by atoms with van der Waals surface area (Å²) in [5, 5.41) is 8.86. The Bertz CT molecular complexity index is 1460. The molecule has 7 heteroatoms. The first kappa shape index (κ1) is 24.1. The van der Waals surface area contributed by atoms with Gasteiger partial charge < -0.3 is 11.2 Å². The lowest BCUT2D eigenvalue weighted by Crippen LogP contribution is -2.18. The van der Waals surface area contributed by atoms with E-state index in [-0.39, 0.29) is 5.25 Å². The summed E-state index contributed by atoms with van der Waals surface area (Å²) in [4.78, 5) is 5.80. The second-order valence-electron chi connectivity index (χ2n) is 8.18. The van der Waals surface area contributed by atoms with Crippen LogP contribution in [0.4, 0.5) is 11.6 Å². The fraction of sp³-hybridized carbons (Fsp3) is 0.0333. The highest BCUT2D eigenvalue weighted by Crippen LogP contribution is 2.38. The van der Waals surface area contributed by atoms with Crippen molar-refractivity contribution in [2.75, 3.05) is 11.2 Å². The lowest BCUT2D eigenvalue weighted by Gasteiger charge is -2.15. The topological polar surface area (TPSA) is 88.8 Å². The van der Waals surface area contributed by atoms with Gasteiger partial charge in [-0.05, 0) is 23.8 Å². The number of hydrogen-bond acceptors (Lipinski definition) is 7. The number of aromatic nitrogens is 3. The summed E-state index contributed by atoms with van der Waals surface area (Å²) in [6, 6.07) is 38.1. The average Bonchev–Trinajstić information content (AvgIpc) is 2.97. The molecule has 1 unspecified atom stereocenters. The van der Waals surface area contributed by atoms with Crippen LogP contribution in [0.5, 0.6) is 0 Å². The second kappa shape index (κ2) is 11.9. The maximum absolute atomic E-state index is 6.20. The van der Waals surface area contributed by atoms with Crippen LogP contribution in [0.15, 0.2) is 132 Å². The molecule has 0 fully saturated rings. The van der Waals surface area contributed by atoms with Crippen molar-refractivity contribution in [1.29, 1.82) is 0 Å². The Morgan fingerprint density at radius 1 is 0.676 bits per heavy atom. The van der Waals surface area contributed by atoms with Gasteiger partial charge in [-0.15, -0.1) is 22.0 Å². The minimum atomic E-state index is 0.0552. The normalized spacial score (nSPS) is 11.8. The van der Waals surface area contributed by atoms with Crippen LogP contribution in [0, 0.1) is 0 Å². The van der Waals surface area contributed by atoms with Crippen LogP contribution in [0.1, 0.15) is 10.8 Å². The van der Waals surface area contributed by atoms with E-state index < -0.39 is 0 Å². The van der Waals surface area contributed by atoms with Gasteiger partial charge in [-0.2, -0.15) is 0 Å². The molecule has 0 aliphatic heterocycles. The SMILES string of the molecule is Nc1ccccc1SC(/C=C/NNc1nnc(-c2ccccc2)c(-c2ccccc2)n1)c1ccccc1. The predicted octanol–water partition coefficient (Wildman–Crippen LogP) is 6.75. The Morgan fingerprint density at radius 3 is 1.95 bits per heavy atom. The van der Waals surface area contributed by atoms with Crippen molar-refractivity contribution in [3.05, 3.63) is 133 Å². The molecule has 37 heavy (non-hydrogen) atoms. The summed E-state index contributed by atoms with van der Waals surface area (Å²) >= 11 is 1.69. The Morgan fingerprint density at radius 2 is 1.27 bits per heavy atom. The van der Waals surface area contributed by atoms with E-state index >= 15 is 0 Å². The van der Waals surface area contributed by atoms with Crippen molar-refractivity contribution in [2.24, 2.45) is 0 Å². The first-order chi connectivity index (χ1) is 18.3. The van der Waals surface area contributed by atoms with Crippen molar-refractivity contribution in [3.8, 4) is 22.5 Å². The molecule has 1 atom stereocenters. The zero-order valence-electron chi connectivity index (χ0n) is 20.0. The van der Waals surface area contributed by atoms with Crippen molar-refractivity contribution >= 4 is 23.4 Å². The molecular formula is C30H26N6S. The van der Waals surface area contributed by atoms with Crippen LogP contribution in [0.25, 0.3) is 22.5 Å². The molecule has 4 N–H and O–H groups in total. The molecule has 1 aromatic heterocycles. The molecule has 0 saturated carbocycles. The summed E-state index contributed by atoms with van der Waals surface area (Å²) in [7, 11) is 0. The van der Waals surface area contributed by atoms with E-state index in [1.54, 1.807) is 11.8 Å². The molecule has 0 aliphatic rings. The van der Waals surface area contributed by atoms with Crippen molar-refractivity contribution in [2.45, 2.75) is 10.1 Å². The third-order valence-corrected chi connectivity index (χ3v) is 6.93. The molecule has 0 spiro atoms. The van der Waals surface area contributed by atoms with E-state index in [9.17, 15) is 0 Å². The van der Waals surface area contributed by atoms with Crippen LogP contribution in [-0.2, 0) is 0 Å². The lowest BCUT2D eigenvalue weighted by molar-refractivity contribution is 0.922. The number of nitrogen functional groups attached to an aromatic ring is 1. The highest BCUT2D eigenvalue weighted by molar-refractivity contribution is 7.99. The molecule has 0 radical (unpaired) electrons. The monoisotopic (exact) mass is 502 g/mol. The number of hydrazine groups is 1. The molecular weight excluding hydrogens is 476 g/mol. The first-order valence-electron chi connectivity index (χ1n) is 11.9. The molecule has 0 saturated heterocycles. The van der Waals surface area contributed by atoms with Crippen molar-refractivity contribution in [1.82, 2.24) is 20.6 Å². The Kier molecular flexibility index (Phi) is 7.73. The zero-order chi connectivity index (χ0) is 25.3. The van der Waals surface area contributed by atoms with Crippen molar-refractivity contribution in [3.63, 3.8) is 0 Å². The van der Waals surface area contributed by atoms with E-state index in [0.717, 1.165) is 33.1 Å². The minimum absolute atomic E-state index is 0.0552. The van der Waals surface area contributed by atoms with Gasteiger partial charge in [-0.25, -0.2) is 4.98 Å². The number of benzene rings is 4. The van der Waals surface area contributed by atoms with Gasteiger partial charge in [0.2, 0.25) is 0 Å². The van der Waals surface area contributed by atoms with Gasteiger partial charge >= 0.3 is 0 Å². The molecule has 5 rings (SSSR count). The van der Waals surface area contributed by atoms with E-state index in [2.05, 4.69) is 39.3 Å². The van der Waals surface area contributed by atoms with Gasteiger partial charge in [0.05, 0.1) is 5.25 Å². The number of rotatable bonds is 9. The summed E-state index contributed by atoms with van der Waals surface area (Å²) in [5.41, 5.74) is 17.7. The summed E-state index contributed by atoms with van der Waals surface area (Å²) in [6.07, 6.45) is 3.92. The van der Waals surface area contributed by atoms with Gasteiger partial charge in [0.15, 0.2) is 0 Å². The summed E-state index contributed by atoms with van der Waals surface area (Å²) in [5.74, 6) is 0.374. The third kappa shape index (κ3) is 6.15. The van der Waals surface area contributed by atoms with Crippen molar-refractivity contribution < 1.29 is 0 Å². The number of nitrogens with two attached hydrogens (primary N) is 1. The Hall–Kier alpha value is -4.62. The van der Waals surface area contributed by atoms with Gasteiger partial charge in [-0.3, -0.25) is 5.43 Å². The number of para-hydroxylation sites is 1. The molecule has 0 bridgehead atoms. The summed E-state index contributed by atoms with van der Waals surface area (Å²) in [6.45, 7) is 0. The molecule has 0 aliphatic carbocycles. The standard InChI is InChI=1S/C30H26N6S/c31-25-18-10-11-19-27(25)37-26(22-12-4-1-5-13-22)20-21-32-35-30-33-28(23-14-6-2-7-15-23)29(34-36-30)24-16-8-3-9-17-24/h1-21,26,32H,31H2,(H,33,35,36)/b21-20+. The molecule has 6 nitrogen and oxygen atoms in total. The number of nitrogens with zero attached hydrogens (tertiary/aromatic N) is 3. The molecule has 4 aromatic carbocycles. The lowest BCUT2D eigenvalue weighted by atomic mass is 10.0. The molecule has 182 valence electrons. The Balaban J connectivity index is 1.35. The minimum Gasteiger partial charge on any atom is -0.398 e. The van der Waals surface area contributed by atoms with Crippen LogP contribution in [0.2, 0.25) is 0 Å². The van der Waals surface area contributed by atoms with E-state index in [4.69, 9.17) is 10.7 Å². The van der Waals surface area contributed by atoms with Crippen LogP contribution < -0.4 is 16.6 Å². The van der Waals surface area contributed by atoms with Crippen LogP contribution >= 0.6 is 11.8 Å². The molecule has 0 amide bonds. The van der Waals surface area contributed by atoms with Gasteiger partial charge in [0.1, 0.15) is 11.4 Å². The highest BCUT2D eigenvalue weighted by Gasteiger charge is 2.14. The van der Waals surface area contributed by atoms with E-state index in [1.165, 1.54) is 5.56 Å². The van der Waals surface area contributed by atoms with Crippen LogP contribution in [-0.4, -0.2) is 15.2 Å².